The summed E-state index contributed by atoms with van der Waals surface area (Å²) in [5.74, 6) is -0.847. The van der Waals surface area contributed by atoms with Crippen LogP contribution >= 0.6 is 0 Å². The van der Waals surface area contributed by atoms with Crippen LogP contribution in [-0.2, 0) is 49.3 Å². The largest absolute Gasteiger partial charge is 0.379 e. The Morgan fingerprint density at radius 3 is 1.81 bits per heavy atom. The number of amides is 4. The molecule has 242 valence electrons. The third-order valence-corrected chi connectivity index (χ3v) is 5.81. The molecule has 0 aliphatic heterocycles. The minimum absolute atomic E-state index is 0.0451. The van der Waals surface area contributed by atoms with Gasteiger partial charge in [-0.25, -0.2) is 0 Å². The average Bonchev–Trinajstić information content (AvgIpc) is 2.99. The lowest BCUT2D eigenvalue weighted by Gasteiger charge is -2.13. The van der Waals surface area contributed by atoms with Gasteiger partial charge >= 0.3 is 0 Å². The molecule has 1 atom stereocenters. The molecule has 0 aliphatic rings. The molecular weight excluding hydrogens is 560 g/mol. The minimum atomic E-state index is -0.701. The fourth-order valence-electron chi connectivity index (χ4n) is 3.47. The number of aldehydes is 1. The van der Waals surface area contributed by atoms with Gasteiger partial charge in [0, 0.05) is 19.4 Å². The van der Waals surface area contributed by atoms with Crippen LogP contribution < -0.4 is 21.3 Å². The zero-order chi connectivity index (χ0) is 31.5. The Balaban J connectivity index is 1.90. The van der Waals surface area contributed by atoms with Crippen LogP contribution in [0.1, 0.15) is 38.7 Å². The molecule has 13 heteroatoms. The SMILES string of the molecule is CC(C)CCC(=O)NCCOCCOCCOCCOCCC(=O)NCC(=O)NCC(=O)NC(C=O)Cc1ccccc1. The van der Waals surface area contributed by atoms with Crippen LogP contribution in [0.5, 0.6) is 0 Å². The zero-order valence-electron chi connectivity index (χ0n) is 25.4. The molecule has 0 bridgehead atoms. The highest BCUT2D eigenvalue weighted by Crippen LogP contribution is 2.03. The van der Waals surface area contributed by atoms with Crippen LogP contribution in [0, 0.1) is 5.92 Å². The molecule has 0 spiro atoms. The van der Waals surface area contributed by atoms with E-state index < -0.39 is 17.9 Å². The Morgan fingerprint density at radius 2 is 1.21 bits per heavy atom. The normalized spacial score (nSPS) is 11.5. The summed E-state index contributed by atoms with van der Waals surface area (Å²) in [4.78, 5) is 58.7. The van der Waals surface area contributed by atoms with Gasteiger partial charge in [0.1, 0.15) is 6.29 Å². The lowest BCUT2D eigenvalue weighted by atomic mass is 10.1. The Hall–Kier alpha value is -3.39. The number of hydrogen-bond acceptors (Lipinski definition) is 9. The summed E-state index contributed by atoms with van der Waals surface area (Å²) in [6, 6.07) is 8.55. The molecule has 4 amide bonds. The van der Waals surface area contributed by atoms with Crippen molar-refractivity contribution >= 4 is 29.9 Å². The van der Waals surface area contributed by atoms with Gasteiger partial charge < -0.3 is 45.0 Å². The van der Waals surface area contributed by atoms with Crippen LogP contribution in [-0.4, -0.2) is 108 Å². The molecule has 0 radical (unpaired) electrons. The molecule has 43 heavy (non-hydrogen) atoms. The highest BCUT2D eigenvalue weighted by molar-refractivity contribution is 5.89. The summed E-state index contributed by atoms with van der Waals surface area (Å²) in [7, 11) is 0. The molecule has 1 aromatic carbocycles. The standard InChI is InChI=1S/C30H48N4O9/c1-24(2)8-9-27(36)31-11-13-41-15-17-43-19-18-42-16-14-40-12-10-28(37)32-21-29(38)33-22-30(39)34-26(23-35)20-25-6-4-3-5-7-25/h3-7,23-24,26H,8-22H2,1-2H3,(H,31,36)(H,32,37)(H,33,38)(H,34,39). The predicted octanol–water partition coefficient (Wildman–Crippen LogP) is 0.154. The van der Waals surface area contributed by atoms with Gasteiger partial charge in [-0.05, 0) is 24.3 Å². The van der Waals surface area contributed by atoms with Crippen molar-refractivity contribution < 1.29 is 42.9 Å². The van der Waals surface area contributed by atoms with Gasteiger partial charge in [0.2, 0.25) is 23.6 Å². The quantitative estimate of drug-likeness (QED) is 0.0845. The number of carbonyl (C=O) groups is 5. The highest BCUT2D eigenvalue weighted by atomic mass is 16.6. The molecule has 0 aromatic heterocycles. The number of carbonyl (C=O) groups excluding carboxylic acids is 5. The summed E-state index contributed by atoms with van der Waals surface area (Å²) in [6.07, 6.45) is 2.48. The Kier molecular flexibility index (Phi) is 22.0. The smallest absolute Gasteiger partial charge is 0.239 e. The van der Waals surface area contributed by atoms with E-state index in [1.165, 1.54) is 0 Å². The van der Waals surface area contributed by atoms with Crippen LogP contribution in [0.2, 0.25) is 0 Å². The molecule has 0 heterocycles. The molecule has 0 aliphatic carbocycles. The first-order valence-electron chi connectivity index (χ1n) is 14.7. The number of ether oxygens (including phenoxy) is 4. The van der Waals surface area contributed by atoms with E-state index in [1.807, 2.05) is 30.3 Å². The van der Waals surface area contributed by atoms with Crippen LogP contribution in [0.3, 0.4) is 0 Å². The molecular formula is C30H48N4O9. The molecule has 1 rings (SSSR count). The first kappa shape index (κ1) is 37.6. The van der Waals surface area contributed by atoms with Gasteiger partial charge in [0.15, 0.2) is 0 Å². The lowest BCUT2D eigenvalue weighted by molar-refractivity contribution is -0.128. The maximum absolute atomic E-state index is 12.0. The third-order valence-electron chi connectivity index (χ3n) is 5.81. The Bertz CT molecular complexity index is 931. The van der Waals surface area contributed by atoms with Crippen molar-refractivity contribution in [1.82, 2.24) is 21.3 Å². The van der Waals surface area contributed by atoms with E-state index in [0.29, 0.717) is 77.8 Å². The van der Waals surface area contributed by atoms with Crippen molar-refractivity contribution in [2.45, 2.75) is 45.6 Å². The fourth-order valence-corrected chi connectivity index (χ4v) is 3.47. The Morgan fingerprint density at radius 1 is 0.674 bits per heavy atom. The molecule has 0 saturated heterocycles. The van der Waals surface area contributed by atoms with Crippen molar-refractivity contribution in [3.63, 3.8) is 0 Å². The average molecular weight is 609 g/mol. The minimum Gasteiger partial charge on any atom is -0.379 e. The van der Waals surface area contributed by atoms with Gasteiger partial charge in [0.25, 0.3) is 0 Å². The van der Waals surface area contributed by atoms with E-state index in [2.05, 4.69) is 35.1 Å². The second-order valence-corrected chi connectivity index (χ2v) is 10.0. The fraction of sp³-hybridized carbons (Fsp3) is 0.633. The number of benzene rings is 1. The number of hydrogen-bond donors (Lipinski definition) is 4. The van der Waals surface area contributed by atoms with E-state index in [4.69, 9.17) is 18.9 Å². The lowest BCUT2D eigenvalue weighted by Crippen LogP contribution is -2.45. The maximum atomic E-state index is 12.0. The van der Waals surface area contributed by atoms with Crippen molar-refractivity contribution in [2.24, 2.45) is 5.92 Å². The van der Waals surface area contributed by atoms with E-state index in [-0.39, 0.29) is 37.9 Å². The van der Waals surface area contributed by atoms with Crippen molar-refractivity contribution in [3.8, 4) is 0 Å². The van der Waals surface area contributed by atoms with Crippen molar-refractivity contribution in [3.05, 3.63) is 35.9 Å². The van der Waals surface area contributed by atoms with Crippen LogP contribution in [0.4, 0.5) is 0 Å². The van der Waals surface area contributed by atoms with Crippen LogP contribution in [0.15, 0.2) is 30.3 Å². The molecule has 13 nitrogen and oxygen atoms in total. The van der Waals surface area contributed by atoms with Gasteiger partial charge in [0.05, 0.1) is 72.0 Å². The molecule has 0 saturated carbocycles. The van der Waals surface area contributed by atoms with Crippen molar-refractivity contribution in [1.29, 1.82) is 0 Å². The third kappa shape index (κ3) is 22.8. The van der Waals surface area contributed by atoms with E-state index in [0.717, 1.165) is 12.0 Å². The first-order valence-corrected chi connectivity index (χ1v) is 14.7. The van der Waals surface area contributed by atoms with Gasteiger partial charge in [-0.3, -0.25) is 19.2 Å². The second-order valence-electron chi connectivity index (χ2n) is 10.0. The van der Waals surface area contributed by atoms with Gasteiger partial charge in [-0.2, -0.15) is 0 Å². The van der Waals surface area contributed by atoms with Gasteiger partial charge in [-0.1, -0.05) is 44.2 Å². The number of rotatable bonds is 26. The zero-order valence-corrected chi connectivity index (χ0v) is 25.4. The van der Waals surface area contributed by atoms with Crippen molar-refractivity contribution in [2.75, 3.05) is 72.5 Å². The first-order chi connectivity index (χ1) is 20.8. The topological polar surface area (TPSA) is 170 Å². The van der Waals surface area contributed by atoms with E-state index in [1.54, 1.807) is 0 Å². The van der Waals surface area contributed by atoms with E-state index in [9.17, 15) is 24.0 Å². The molecule has 1 unspecified atom stereocenters. The van der Waals surface area contributed by atoms with E-state index >= 15 is 0 Å². The van der Waals surface area contributed by atoms with Crippen LogP contribution in [0.25, 0.3) is 0 Å². The summed E-state index contributed by atoms with van der Waals surface area (Å²) in [6.45, 7) is 6.98. The molecule has 1 aromatic rings. The molecule has 4 N–H and O–H groups in total. The summed E-state index contributed by atoms with van der Waals surface area (Å²) >= 11 is 0. The summed E-state index contributed by atoms with van der Waals surface area (Å²) in [5, 5.41) is 10.2. The summed E-state index contributed by atoms with van der Waals surface area (Å²) in [5.41, 5.74) is 0.902. The molecule has 0 fully saturated rings. The predicted molar refractivity (Wildman–Crippen MR) is 159 cm³/mol. The summed E-state index contributed by atoms with van der Waals surface area (Å²) < 4.78 is 21.6. The monoisotopic (exact) mass is 608 g/mol. The van der Waals surface area contributed by atoms with Gasteiger partial charge in [-0.15, -0.1) is 0 Å². The highest BCUT2D eigenvalue weighted by Gasteiger charge is 2.13. The Labute approximate surface area is 254 Å². The number of nitrogens with one attached hydrogen (secondary N) is 4. The second kappa shape index (κ2) is 25.1. The maximum Gasteiger partial charge on any atom is 0.239 e.